The van der Waals surface area contributed by atoms with Crippen molar-refractivity contribution in [2.75, 3.05) is 33.3 Å². The third-order valence-electron chi connectivity index (χ3n) is 4.46. The molecule has 0 spiro atoms. The summed E-state index contributed by atoms with van der Waals surface area (Å²) in [6.07, 6.45) is 3.67. The van der Waals surface area contributed by atoms with Gasteiger partial charge in [0, 0.05) is 19.7 Å². The summed E-state index contributed by atoms with van der Waals surface area (Å²) in [5.74, 6) is 0. The standard InChI is InChI=1S/C16H34N2O/c1-7-17-14(15(2,3)4)9-12-18-11-8-10-16(5,13-18)19-6/h14,17H,7-13H2,1-6H3. The summed E-state index contributed by atoms with van der Waals surface area (Å²) < 4.78 is 5.67. The summed E-state index contributed by atoms with van der Waals surface area (Å²) in [7, 11) is 1.85. The first-order chi connectivity index (χ1) is 8.80. The van der Waals surface area contributed by atoms with E-state index >= 15 is 0 Å². The minimum Gasteiger partial charge on any atom is -0.377 e. The first kappa shape index (κ1) is 16.9. The molecule has 2 unspecified atom stereocenters. The van der Waals surface area contributed by atoms with Crippen LogP contribution in [-0.2, 0) is 4.74 Å². The maximum absolute atomic E-state index is 5.67. The number of piperidine rings is 1. The molecule has 1 saturated heterocycles. The maximum atomic E-state index is 5.67. The van der Waals surface area contributed by atoms with Crippen LogP contribution in [0.15, 0.2) is 0 Å². The topological polar surface area (TPSA) is 24.5 Å². The Morgan fingerprint density at radius 1 is 1.37 bits per heavy atom. The van der Waals surface area contributed by atoms with E-state index in [-0.39, 0.29) is 5.60 Å². The van der Waals surface area contributed by atoms with Gasteiger partial charge < -0.3 is 15.0 Å². The minimum atomic E-state index is 0.0632. The van der Waals surface area contributed by atoms with Crippen LogP contribution in [0.2, 0.25) is 0 Å². The largest absolute Gasteiger partial charge is 0.377 e. The third kappa shape index (κ3) is 5.41. The van der Waals surface area contributed by atoms with Crippen molar-refractivity contribution < 1.29 is 4.74 Å². The lowest BCUT2D eigenvalue weighted by Gasteiger charge is -2.41. The molecular weight excluding hydrogens is 236 g/mol. The molecule has 0 aromatic rings. The Hall–Kier alpha value is -0.120. The zero-order valence-corrected chi connectivity index (χ0v) is 13.9. The summed E-state index contributed by atoms with van der Waals surface area (Å²) in [6, 6.07) is 0.591. The van der Waals surface area contributed by atoms with E-state index in [1.54, 1.807) is 0 Å². The van der Waals surface area contributed by atoms with Crippen molar-refractivity contribution in [3.63, 3.8) is 0 Å². The van der Waals surface area contributed by atoms with Crippen LogP contribution in [0.5, 0.6) is 0 Å². The van der Waals surface area contributed by atoms with Crippen LogP contribution in [0.25, 0.3) is 0 Å². The highest BCUT2D eigenvalue weighted by Gasteiger charge is 2.31. The Labute approximate surface area is 120 Å². The molecule has 3 heteroatoms. The van der Waals surface area contributed by atoms with Gasteiger partial charge in [-0.15, -0.1) is 0 Å². The zero-order chi connectivity index (χ0) is 14.5. The van der Waals surface area contributed by atoms with Gasteiger partial charge in [0.25, 0.3) is 0 Å². The molecule has 3 nitrogen and oxygen atoms in total. The van der Waals surface area contributed by atoms with E-state index in [9.17, 15) is 0 Å². The van der Waals surface area contributed by atoms with Crippen molar-refractivity contribution in [3.8, 4) is 0 Å². The molecule has 1 rings (SSSR count). The van der Waals surface area contributed by atoms with E-state index < -0.39 is 0 Å². The molecule has 1 fully saturated rings. The number of methoxy groups -OCH3 is 1. The molecule has 1 aliphatic heterocycles. The van der Waals surface area contributed by atoms with Gasteiger partial charge in [-0.2, -0.15) is 0 Å². The van der Waals surface area contributed by atoms with E-state index in [0.717, 1.165) is 13.1 Å². The van der Waals surface area contributed by atoms with Gasteiger partial charge in [0.05, 0.1) is 5.60 Å². The van der Waals surface area contributed by atoms with Crippen LogP contribution < -0.4 is 5.32 Å². The molecule has 114 valence electrons. The Morgan fingerprint density at radius 3 is 2.58 bits per heavy atom. The Kier molecular flexibility index (Phi) is 6.28. The Balaban J connectivity index is 2.46. The van der Waals surface area contributed by atoms with Crippen molar-refractivity contribution in [1.29, 1.82) is 0 Å². The summed E-state index contributed by atoms with van der Waals surface area (Å²) in [5.41, 5.74) is 0.393. The Bertz CT molecular complexity index is 262. The first-order valence-electron chi connectivity index (χ1n) is 7.81. The van der Waals surface area contributed by atoms with E-state index in [4.69, 9.17) is 4.74 Å². The van der Waals surface area contributed by atoms with Crippen LogP contribution >= 0.6 is 0 Å². The van der Waals surface area contributed by atoms with Crippen LogP contribution in [-0.4, -0.2) is 49.8 Å². The van der Waals surface area contributed by atoms with Crippen LogP contribution in [0, 0.1) is 5.41 Å². The molecule has 0 amide bonds. The number of rotatable bonds is 6. The van der Waals surface area contributed by atoms with Gasteiger partial charge in [-0.05, 0) is 51.2 Å². The van der Waals surface area contributed by atoms with Gasteiger partial charge in [0.15, 0.2) is 0 Å². The Morgan fingerprint density at radius 2 is 2.05 bits per heavy atom. The molecule has 0 bridgehead atoms. The smallest absolute Gasteiger partial charge is 0.0777 e. The predicted molar refractivity (Wildman–Crippen MR) is 82.6 cm³/mol. The maximum Gasteiger partial charge on any atom is 0.0777 e. The number of hydrogen-bond acceptors (Lipinski definition) is 3. The lowest BCUT2D eigenvalue weighted by atomic mass is 9.84. The van der Waals surface area contributed by atoms with Crippen molar-refractivity contribution in [3.05, 3.63) is 0 Å². The average molecular weight is 270 g/mol. The van der Waals surface area contributed by atoms with Gasteiger partial charge in [-0.25, -0.2) is 0 Å². The highest BCUT2D eigenvalue weighted by Crippen LogP contribution is 2.26. The zero-order valence-electron chi connectivity index (χ0n) is 13.9. The number of hydrogen-bond donors (Lipinski definition) is 1. The van der Waals surface area contributed by atoms with Gasteiger partial charge in [-0.3, -0.25) is 0 Å². The molecule has 1 heterocycles. The fourth-order valence-corrected chi connectivity index (χ4v) is 3.06. The second-order valence-electron chi connectivity index (χ2n) is 7.30. The molecule has 1 N–H and O–H groups in total. The molecule has 1 aliphatic rings. The lowest BCUT2D eigenvalue weighted by Crippen LogP contribution is -2.49. The van der Waals surface area contributed by atoms with Gasteiger partial charge >= 0.3 is 0 Å². The highest BCUT2D eigenvalue weighted by atomic mass is 16.5. The predicted octanol–water partition coefficient (Wildman–Crippen LogP) is 2.90. The van der Waals surface area contributed by atoms with Gasteiger partial charge in [-0.1, -0.05) is 27.7 Å². The molecule has 0 aromatic carbocycles. The van der Waals surface area contributed by atoms with Crippen molar-refractivity contribution >= 4 is 0 Å². The lowest BCUT2D eigenvalue weighted by molar-refractivity contribution is -0.0517. The first-order valence-corrected chi connectivity index (χ1v) is 7.81. The molecule has 0 aromatic heterocycles. The van der Waals surface area contributed by atoms with Crippen LogP contribution in [0.1, 0.15) is 53.9 Å². The average Bonchev–Trinajstić information content (AvgIpc) is 2.33. The molecular formula is C16H34N2O. The van der Waals surface area contributed by atoms with E-state index in [2.05, 4.69) is 44.8 Å². The van der Waals surface area contributed by atoms with Crippen molar-refractivity contribution in [1.82, 2.24) is 10.2 Å². The normalized spacial score (nSPS) is 27.5. The summed E-state index contributed by atoms with van der Waals surface area (Å²) >= 11 is 0. The van der Waals surface area contributed by atoms with E-state index in [1.807, 2.05) is 7.11 Å². The number of nitrogens with zero attached hydrogens (tertiary/aromatic N) is 1. The number of likely N-dealkylation sites (tertiary alicyclic amines) is 1. The van der Waals surface area contributed by atoms with Crippen LogP contribution in [0.3, 0.4) is 0 Å². The second-order valence-corrected chi connectivity index (χ2v) is 7.30. The molecule has 2 atom stereocenters. The van der Waals surface area contributed by atoms with Gasteiger partial charge in [0.1, 0.15) is 0 Å². The monoisotopic (exact) mass is 270 g/mol. The van der Waals surface area contributed by atoms with Gasteiger partial charge in [0.2, 0.25) is 0 Å². The SMILES string of the molecule is CCNC(CCN1CCCC(C)(OC)C1)C(C)(C)C. The van der Waals surface area contributed by atoms with E-state index in [1.165, 1.54) is 32.4 Å². The number of nitrogens with one attached hydrogen (secondary N) is 1. The summed E-state index contributed by atoms with van der Waals surface area (Å²) in [4.78, 5) is 2.57. The number of ether oxygens (including phenoxy) is 1. The van der Waals surface area contributed by atoms with Crippen LogP contribution in [0.4, 0.5) is 0 Å². The molecule has 0 aliphatic carbocycles. The third-order valence-corrected chi connectivity index (χ3v) is 4.46. The van der Waals surface area contributed by atoms with Crippen molar-refractivity contribution in [2.45, 2.75) is 65.5 Å². The summed E-state index contributed by atoms with van der Waals surface area (Å²) in [5, 5.41) is 3.64. The molecule has 0 saturated carbocycles. The van der Waals surface area contributed by atoms with Crippen molar-refractivity contribution in [2.24, 2.45) is 5.41 Å². The quantitative estimate of drug-likeness (QED) is 0.803. The highest BCUT2D eigenvalue weighted by molar-refractivity contribution is 4.87. The minimum absolute atomic E-state index is 0.0632. The second kappa shape index (κ2) is 7.05. The molecule has 0 radical (unpaired) electrons. The summed E-state index contributed by atoms with van der Waals surface area (Å²) in [6.45, 7) is 16.0. The fourth-order valence-electron chi connectivity index (χ4n) is 3.06. The fraction of sp³-hybridized carbons (Fsp3) is 1.00. The van der Waals surface area contributed by atoms with E-state index in [0.29, 0.717) is 11.5 Å². The molecule has 19 heavy (non-hydrogen) atoms.